The predicted molar refractivity (Wildman–Crippen MR) is 211 cm³/mol. The van der Waals surface area contributed by atoms with Gasteiger partial charge < -0.3 is 29.4 Å². The van der Waals surface area contributed by atoms with E-state index in [2.05, 4.69) is 223 Å². The molecule has 0 spiro atoms. The Balaban J connectivity index is 0.00000341. The molecule has 16 bridgehead atoms. The Kier molecular flexibility index (Phi) is 6.26. The molecule has 0 saturated carbocycles. The van der Waals surface area contributed by atoms with Gasteiger partial charge in [0, 0.05) is 70.8 Å². The zero-order valence-electron chi connectivity index (χ0n) is 30.4. The van der Waals surface area contributed by atoms with E-state index in [1.807, 2.05) is 0 Å². The molecule has 13 rings (SSSR count). The second-order valence-corrected chi connectivity index (χ2v) is 15.7. The van der Waals surface area contributed by atoms with Gasteiger partial charge in [-0.1, -0.05) is 36.4 Å². The number of hydrogen-bond acceptors (Lipinski definition) is 6. The molecule has 1 radical (unpaired) electrons. The van der Waals surface area contributed by atoms with Crippen LogP contribution in [0.3, 0.4) is 0 Å². The normalized spacial score (nSPS) is 27.3. The Hall–Kier alpha value is -5.23. The number of rotatable bonds is 0. The fraction of sp³-hybridized carbons (Fsp3) is 0.170. The Labute approximate surface area is 331 Å². The summed E-state index contributed by atoms with van der Waals surface area (Å²) in [6, 6.07) is 58.9. The monoisotopic (exact) mass is 877 g/mol. The average molecular weight is 877 g/mol. The molecule has 269 valence electrons. The predicted octanol–water partition coefficient (Wildman–Crippen LogP) is 9.23. The molecule has 6 heterocycles. The Bertz CT molecular complexity index is 2210. The van der Waals surface area contributed by atoms with E-state index >= 15 is 0 Å². The quantitative estimate of drug-likeness (QED) is 0.141. The van der Waals surface area contributed by atoms with Crippen LogP contribution in [0, 0.1) is 38.2 Å². The van der Waals surface area contributed by atoms with Gasteiger partial charge in [-0.25, -0.2) is 0 Å². The molecule has 6 aliphatic heterocycles. The van der Waals surface area contributed by atoms with Gasteiger partial charge in [-0.3, -0.25) is 0 Å². The third-order valence-corrected chi connectivity index (χ3v) is 13.2. The topological polar surface area (TPSA) is 19.4 Å². The number of nitrogens with zero attached hydrogens (tertiary/aromatic N) is 6. The van der Waals surface area contributed by atoms with Crippen LogP contribution in [0.1, 0.15) is 61.1 Å². The van der Waals surface area contributed by atoms with Gasteiger partial charge in [0.25, 0.3) is 0 Å². The van der Waals surface area contributed by atoms with Crippen molar-refractivity contribution in [3.63, 3.8) is 0 Å². The van der Waals surface area contributed by atoms with Gasteiger partial charge in [-0.2, -0.15) is 92.8 Å². The molecule has 0 fully saturated rings. The molecular weight excluding hydrogens is 841 g/mol. The summed E-state index contributed by atoms with van der Waals surface area (Å²) in [4.78, 5) is 14.9. The largest absolute Gasteiger partial charge is 0.493 e. The van der Waals surface area contributed by atoms with Crippen molar-refractivity contribution in [3.8, 4) is 0 Å². The van der Waals surface area contributed by atoms with Crippen LogP contribution < -0.4 is 29.4 Å². The van der Waals surface area contributed by atoms with Crippen molar-refractivity contribution >= 4 is 34.1 Å². The first-order chi connectivity index (χ1) is 25.8. The molecule has 6 aromatic carbocycles. The molecule has 0 amide bonds. The summed E-state index contributed by atoms with van der Waals surface area (Å²) < 4.78 is 0. The summed E-state index contributed by atoms with van der Waals surface area (Å²) >= 11 is 0. The van der Waals surface area contributed by atoms with Crippen LogP contribution in [0.25, 0.3) is 0 Å². The average Bonchev–Trinajstić information content (AvgIpc) is 3.93. The molecule has 7 aliphatic rings. The SMILES string of the molecule is CC12c3[c-]c(ccc3)C3(C)c4[c-]c(ccc4)C(C)(c4[c-]c1ccc4)N1[CH-]N(c4ccccc41)C(C)(N1[CH-]N2c2ccccc21)N1[CH-]N3c2ccccc21.[Ir]. The van der Waals surface area contributed by atoms with Crippen molar-refractivity contribution < 1.29 is 20.1 Å². The fourth-order valence-corrected chi connectivity index (χ4v) is 10.1. The zero-order chi connectivity index (χ0) is 35.5. The van der Waals surface area contributed by atoms with Crippen molar-refractivity contribution in [1.29, 1.82) is 0 Å². The third kappa shape index (κ3) is 3.57. The maximum absolute atomic E-state index is 4.09. The second kappa shape index (κ2) is 10.5. The number of fused-ring (bicyclic) bond motifs is 3. The second-order valence-electron chi connectivity index (χ2n) is 15.7. The van der Waals surface area contributed by atoms with Crippen LogP contribution in [0.2, 0.25) is 0 Å². The third-order valence-electron chi connectivity index (χ3n) is 13.2. The molecular formula is C47H36IrN6-6. The number of hydrogen-bond donors (Lipinski definition) is 0. The van der Waals surface area contributed by atoms with E-state index in [1.54, 1.807) is 0 Å². The zero-order valence-corrected chi connectivity index (χ0v) is 32.8. The van der Waals surface area contributed by atoms with E-state index < -0.39 is 22.4 Å². The minimum Gasteiger partial charge on any atom is -0.493 e. The van der Waals surface area contributed by atoms with Crippen molar-refractivity contribution in [2.24, 2.45) is 0 Å². The maximum Gasteiger partial charge on any atom is 0.110 e. The van der Waals surface area contributed by atoms with Crippen LogP contribution in [0.15, 0.2) is 127 Å². The summed E-state index contributed by atoms with van der Waals surface area (Å²) in [6.45, 7) is 16.4. The Morgan fingerprint density at radius 2 is 0.556 bits per heavy atom. The number of benzene rings is 6. The van der Waals surface area contributed by atoms with Crippen molar-refractivity contribution in [3.05, 3.63) is 199 Å². The molecule has 0 aromatic heterocycles. The minimum atomic E-state index is -0.826. The van der Waals surface area contributed by atoms with Gasteiger partial charge in [0.1, 0.15) is 5.79 Å². The molecule has 6 nitrogen and oxygen atoms in total. The molecule has 0 saturated heterocycles. The van der Waals surface area contributed by atoms with Gasteiger partial charge in [0.15, 0.2) is 0 Å². The van der Waals surface area contributed by atoms with Crippen molar-refractivity contribution in [2.75, 3.05) is 29.4 Å². The molecule has 0 N–H and O–H groups in total. The van der Waals surface area contributed by atoms with E-state index in [4.69, 9.17) is 0 Å². The van der Waals surface area contributed by atoms with Gasteiger partial charge in [-0.15, -0.1) is 33.4 Å². The van der Waals surface area contributed by atoms with E-state index in [0.29, 0.717) is 0 Å². The first-order valence-electron chi connectivity index (χ1n) is 18.4. The molecule has 6 aromatic rings. The van der Waals surface area contributed by atoms with E-state index in [-0.39, 0.29) is 20.1 Å². The van der Waals surface area contributed by atoms with Gasteiger partial charge in [0.2, 0.25) is 0 Å². The van der Waals surface area contributed by atoms with E-state index in [9.17, 15) is 0 Å². The molecule has 1 aliphatic carbocycles. The van der Waals surface area contributed by atoms with Crippen LogP contribution in [-0.2, 0) is 36.7 Å². The molecule has 0 unspecified atom stereocenters. The van der Waals surface area contributed by atoms with Crippen molar-refractivity contribution in [2.45, 2.75) is 50.1 Å². The summed E-state index contributed by atoms with van der Waals surface area (Å²) in [7, 11) is 0. The maximum atomic E-state index is 4.09. The first kappa shape index (κ1) is 32.2. The standard InChI is InChI=1S/C47H36N6.Ir/c1-44-32-14-11-16-34(26-32)45(2)36-18-13-19-37(28-36)46(3,35-17-12-15-33(44)27-35)50-31-53(43-25-10-7-22-40(43)50)47(4,51-29-48(44)38-20-5-8-23-41(38)51)52-30-49(45)39-21-6-9-24-42(39)52;/h5-25,29-31H,1-4H3;/q-6;. The Morgan fingerprint density at radius 1 is 0.333 bits per heavy atom. The van der Waals surface area contributed by atoms with Gasteiger partial charge >= 0.3 is 0 Å². The number of para-hydroxylation sites is 6. The molecule has 0 atom stereocenters. The first-order valence-corrected chi connectivity index (χ1v) is 18.4. The molecule has 54 heavy (non-hydrogen) atoms. The van der Waals surface area contributed by atoms with Crippen molar-refractivity contribution in [1.82, 2.24) is 0 Å². The summed E-state index contributed by atoms with van der Waals surface area (Å²) in [5.74, 6) is -0.826. The van der Waals surface area contributed by atoms with Crippen LogP contribution >= 0.6 is 0 Å². The van der Waals surface area contributed by atoms with Gasteiger partial charge in [-0.05, 0) is 64.1 Å². The smallest absolute Gasteiger partial charge is 0.110 e. The van der Waals surface area contributed by atoms with Crippen LogP contribution in [0.4, 0.5) is 34.1 Å². The molecule has 7 heteroatoms. The van der Waals surface area contributed by atoms with Crippen LogP contribution in [-0.4, -0.2) is 5.79 Å². The summed E-state index contributed by atoms with van der Waals surface area (Å²) in [5.41, 5.74) is 11.1. The van der Waals surface area contributed by atoms with E-state index in [1.165, 1.54) is 0 Å². The summed E-state index contributed by atoms with van der Waals surface area (Å²) in [6.07, 6.45) is 0. The number of anilines is 6. The van der Waals surface area contributed by atoms with Gasteiger partial charge in [0.05, 0.1) is 0 Å². The minimum absolute atomic E-state index is 0. The van der Waals surface area contributed by atoms with E-state index in [0.717, 1.165) is 67.5 Å². The summed E-state index contributed by atoms with van der Waals surface area (Å²) in [5, 5.41) is 0. The fourth-order valence-electron chi connectivity index (χ4n) is 10.1. The Morgan fingerprint density at radius 3 is 0.796 bits per heavy atom. The van der Waals surface area contributed by atoms with Crippen LogP contribution in [0.5, 0.6) is 0 Å².